The molecule has 0 radical (unpaired) electrons. The fraction of sp³-hybridized carbons (Fsp3) is 0.875. The van der Waals surface area contributed by atoms with Crippen LogP contribution in [0.5, 0.6) is 0 Å². The lowest BCUT2D eigenvalue weighted by Crippen LogP contribution is -2.32. The predicted octanol–water partition coefficient (Wildman–Crippen LogP) is 2.57. The van der Waals surface area contributed by atoms with E-state index in [2.05, 4.69) is 34.5 Å². The summed E-state index contributed by atoms with van der Waals surface area (Å²) in [6.45, 7) is 7.75. The summed E-state index contributed by atoms with van der Waals surface area (Å²) in [6.07, 6.45) is 9.06. The quantitative estimate of drug-likeness (QED) is 0.153. The zero-order valence-electron chi connectivity index (χ0n) is 14.9. The van der Waals surface area contributed by atoms with Gasteiger partial charge >= 0.3 is 0 Å². The van der Waals surface area contributed by atoms with Crippen LogP contribution in [0.1, 0.15) is 65.2 Å². The molecule has 0 saturated carbocycles. The Morgan fingerprint density at radius 3 is 1.43 bits per heavy atom. The van der Waals surface area contributed by atoms with E-state index >= 15 is 0 Å². The Morgan fingerprint density at radius 2 is 1.09 bits per heavy atom. The van der Waals surface area contributed by atoms with E-state index in [9.17, 15) is 0 Å². The van der Waals surface area contributed by atoms with Gasteiger partial charge in [0, 0.05) is 26.2 Å². The molecule has 0 aliphatic heterocycles. The number of hydrogen-bond donors (Lipinski definition) is 4. The van der Waals surface area contributed by atoms with E-state index in [-0.39, 0.29) is 24.0 Å². The van der Waals surface area contributed by atoms with Gasteiger partial charge in [-0.25, -0.2) is 0 Å². The van der Waals surface area contributed by atoms with Gasteiger partial charge in [0.05, 0.1) is 0 Å². The number of nitrogens with zero attached hydrogens (tertiary/aromatic N) is 2. The molecule has 0 spiro atoms. The van der Waals surface area contributed by atoms with Crippen molar-refractivity contribution in [2.24, 2.45) is 21.5 Å². The average molecular weight is 440 g/mol. The molecule has 0 fully saturated rings. The van der Waals surface area contributed by atoms with Crippen molar-refractivity contribution in [3.05, 3.63) is 0 Å². The van der Waals surface area contributed by atoms with Crippen molar-refractivity contribution in [1.82, 2.24) is 10.6 Å². The fourth-order valence-electron chi connectivity index (χ4n) is 1.87. The molecule has 0 aliphatic carbocycles. The Hall–Kier alpha value is -0.730. The van der Waals surface area contributed by atoms with Gasteiger partial charge in [-0.2, -0.15) is 0 Å². The lowest BCUT2D eigenvalue weighted by Gasteiger charge is -2.05. The first-order valence-corrected chi connectivity index (χ1v) is 8.78. The number of nitrogens with one attached hydrogen (secondary N) is 2. The Labute approximate surface area is 159 Å². The summed E-state index contributed by atoms with van der Waals surface area (Å²) in [6, 6.07) is 0. The summed E-state index contributed by atoms with van der Waals surface area (Å²) >= 11 is 0. The van der Waals surface area contributed by atoms with Crippen LogP contribution >= 0.6 is 24.0 Å². The Bertz CT molecular complexity index is 277. The summed E-state index contributed by atoms with van der Waals surface area (Å²) in [5.41, 5.74) is 11.5. The Morgan fingerprint density at radius 1 is 0.696 bits per heavy atom. The Balaban J connectivity index is 0. The smallest absolute Gasteiger partial charge is 0.188 e. The van der Waals surface area contributed by atoms with Gasteiger partial charge in [0.1, 0.15) is 0 Å². The molecule has 7 heteroatoms. The van der Waals surface area contributed by atoms with Gasteiger partial charge in [-0.3, -0.25) is 9.98 Å². The highest BCUT2D eigenvalue weighted by atomic mass is 127. The van der Waals surface area contributed by atoms with Crippen LogP contribution in [-0.2, 0) is 0 Å². The molecule has 0 rings (SSSR count). The molecule has 138 valence electrons. The first-order chi connectivity index (χ1) is 10.7. The third-order valence-corrected chi connectivity index (χ3v) is 3.30. The van der Waals surface area contributed by atoms with Crippen LogP contribution in [0.15, 0.2) is 9.98 Å². The summed E-state index contributed by atoms with van der Waals surface area (Å²) in [5, 5.41) is 6.23. The molecule has 6 nitrogen and oxygen atoms in total. The maximum absolute atomic E-state index is 5.76. The monoisotopic (exact) mass is 440 g/mol. The zero-order valence-corrected chi connectivity index (χ0v) is 17.3. The van der Waals surface area contributed by atoms with Crippen LogP contribution in [-0.4, -0.2) is 38.1 Å². The van der Waals surface area contributed by atoms with Crippen LogP contribution in [0.25, 0.3) is 0 Å². The Kier molecular flexibility index (Phi) is 20.6. The summed E-state index contributed by atoms with van der Waals surface area (Å²) in [4.78, 5) is 8.62. The number of aliphatic imine (C=N–C) groups is 2. The van der Waals surface area contributed by atoms with Crippen LogP contribution in [0, 0.1) is 0 Å². The standard InChI is InChI=1S/C16H36N6.HI/c1-3-5-11-19-15(17)21-13-9-7-8-10-14-22-16(18)20-12-6-4-2;/h3-14H2,1-2H3,(H3,17,19,21)(H3,18,20,22);1H. The van der Waals surface area contributed by atoms with Gasteiger partial charge in [0.25, 0.3) is 0 Å². The van der Waals surface area contributed by atoms with Crippen molar-refractivity contribution >= 4 is 35.9 Å². The van der Waals surface area contributed by atoms with Crippen molar-refractivity contribution in [3.63, 3.8) is 0 Å². The minimum Gasteiger partial charge on any atom is -0.370 e. The highest BCUT2D eigenvalue weighted by Gasteiger charge is 1.93. The topological polar surface area (TPSA) is 101 Å². The third-order valence-electron chi connectivity index (χ3n) is 3.30. The summed E-state index contributed by atoms with van der Waals surface area (Å²) in [5.74, 6) is 1.15. The molecule has 23 heavy (non-hydrogen) atoms. The molecule has 0 heterocycles. The number of unbranched alkanes of at least 4 members (excludes halogenated alkanes) is 5. The van der Waals surface area contributed by atoms with Gasteiger partial charge in [0.2, 0.25) is 0 Å². The highest BCUT2D eigenvalue weighted by Crippen LogP contribution is 2.00. The van der Waals surface area contributed by atoms with Gasteiger partial charge in [-0.05, 0) is 25.7 Å². The maximum atomic E-state index is 5.76. The molecule has 0 bridgehead atoms. The minimum atomic E-state index is 0. The molecule has 0 aromatic carbocycles. The van der Waals surface area contributed by atoms with E-state index in [1.807, 2.05) is 0 Å². The average Bonchev–Trinajstić information content (AvgIpc) is 2.50. The van der Waals surface area contributed by atoms with Gasteiger partial charge in [-0.15, -0.1) is 24.0 Å². The van der Waals surface area contributed by atoms with E-state index in [4.69, 9.17) is 11.5 Å². The van der Waals surface area contributed by atoms with Crippen molar-refractivity contribution < 1.29 is 0 Å². The van der Waals surface area contributed by atoms with Crippen molar-refractivity contribution in [2.45, 2.75) is 65.2 Å². The number of guanidine groups is 2. The van der Waals surface area contributed by atoms with Crippen LogP contribution in [0.2, 0.25) is 0 Å². The van der Waals surface area contributed by atoms with Crippen molar-refractivity contribution in [1.29, 1.82) is 0 Å². The van der Waals surface area contributed by atoms with Crippen molar-refractivity contribution in [2.75, 3.05) is 26.2 Å². The van der Waals surface area contributed by atoms with Crippen LogP contribution < -0.4 is 22.1 Å². The second-order valence-electron chi connectivity index (χ2n) is 5.51. The van der Waals surface area contributed by atoms with Crippen LogP contribution in [0.3, 0.4) is 0 Å². The normalized spacial score (nSPS) is 11.9. The lowest BCUT2D eigenvalue weighted by atomic mass is 10.2. The van der Waals surface area contributed by atoms with Crippen molar-refractivity contribution in [3.8, 4) is 0 Å². The largest absolute Gasteiger partial charge is 0.370 e. The molecular formula is C16H37IN6. The first-order valence-electron chi connectivity index (χ1n) is 8.78. The number of hydrogen-bond acceptors (Lipinski definition) is 2. The van der Waals surface area contributed by atoms with E-state index in [1.54, 1.807) is 0 Å². The highest BCUT2D eigenvalue weighted by molar-refractivity contribution is 14.0. The predicted molar refractivity (Wildman–Crippen MR) is 113 cm³/mol. The SMILES string of the molecule is CCCCNC(N)=NCCCCCCN=C(N)NCCCC.I. The van der Waals surface area contributed by atoms with E-state index in [0.29, 0.717) is 11.9 Å². The molecule has 0 aliphatic rings. The second-order valence-corrected chi connectivity index (χ2v) is 5.51. The molecule has 0 aromatic rings. The molecule has 6 N–H and O–H groups in total. The number of nitrogens with two attached hydrogens (primary N) is 2. The van der Waals surface area contributed by atoms with Gasteiger partial charge < -0.3 is 22.1 Å². The molecule has 0 atom stereocenters. The molecule has 0 unspecified atom stereocenters. The fourth-order valence-corrected chi connectivity index (χ4v) is 1.87. The molecule has 0 saturated heterocycles. The van der Waals surface area contributed by atoms with Gasteiger partial charge in [-0.1, -0.05) is 39.5 Å². The molecule has 0 aromatic heterocycles. The van der Waals surface area contributed by atoms with E-state index < -0.39 is 0 Å². The first kappa shape index (κ1) is 24.5. The zero-order chi connectivity index (χ0) is 16.5. The maximum Gasteiger partial charge on any atom is 0.188 e. The number of halogens is 1. The minimum absolute atomic E-state index is 0. The summed E-state index contributed by atoms with van der Waals surface area (Å²) in [7, 11) is 0. The van der Waals surface area contributed by atoms with Gasteiger partial charge in [0.15, 0.2) is 11.9 Å². The second kappa shape index (κ2) is 19.3. The molecular weight excluding hydrogens is 403 g/mol. The molecule has 0 amide bonds. The third kappa shape index (κ3) is 19.2. The van der Waals surface area contributed by atoms with E-state index in [1.165, 1.54) is 12.8 Å². The lowest BCUT2D eigenvalue weighted by molar-refractivity contribution is 0.650. The number of rotatable bonds is 13. The van der Waals surface area contributed by atoms with Crippen LogP contribution in [0.4, 0.5) is 0 Å². The summed E-state index contributed by atoms with van der Waals surface area (Å²) < 4.78 is 0. The van der Waals surface area contributed by atoms with E-state index in [0.717, 1.165) is 64.7 Å².